The Balaban J connectivity index is 1.70. The van der Waals surface area contributed by atoms with Gasteiger partial charge in [0.1, 0.15) is 13.2 Å². The molecule has 0 aliphatic carbocycles. The molecular weight excluding hydrogens is 308 g/mol. The molecule has 0 fully saturated rings. The molecule has 1 aliphatic rings. The van der Waals surface area contributed by atoms with Gasteiger partial charge < -0.3 is 20.5 Å². The van der Waals surface area contributed by atoms with Gasteiger partial charge in [-0.1, -0.05) is 6.07 Å². The standard InChI is InChI=1S/C18H18N2O4/c1-11(14-6-7-15-16(10-14)24-9-8-23-15)20-18(22)13-4-2-12(3-5-13)17(19)21/h2-7,10-11H,8-9H2,1H3,(H2,19,21)(H,20,22). The molecule has 1 atom stereocenters. The average Bonchev–Trinajstić information content (AvgIpc) is 2.61. The van der Waals surface area contributed by atoms with Crippen LogP contribution in [0.4, 0.5) is 0 Å². The second-order valence-electron chi connectivity index (χ2n) is 5.54. The van der Waals surface area contributed by atoms with Crippen molar-refractivity contribution in [2.75, 3.05) is 13.2 Å². The second-order valence-corrected chi connectivity index (χ2v) is 5.54. The number of ether oxygens (including phenoxy) is 2. The molecule has 24 heavy (non-hydrogen) atoms. The molecule has 6 heteroatoms. The van der Waals surface area contributed by atoms with E-state index >= 15 is 0 Å². The summed E-state index contributed by atoms with van der Waals surface area (Å²) >= 11 is 0. The van der Waals surface area contributed by atoms with Gasteiger partial charge in [0.2, 0.25) is 5.91 Å². The van der Waals surface area contributed by atoms with Gasteiger partial charge in [0.05, 0.1) is 6.04 Å². The average molecular weight is 326 g/mol. The third-order valence-electron chi connectivity index (χ3n) is 3.85. The second kappa shape index (κ2) is 6.62. The maximum atomic E-state index is 12.3. The van der Waals surface area contributed by atoms with E-state index in [1.165, 1.54) is 12.1 Å². The van der Waals surface area contributed by atoms with Gasteiger partial charge in [-0.25, -0.2) is 0 Å². The third kappa shape index (κ3) is 3.32. The quantitative estimate of drug-likeness (QED) is 0.899. The molecule has 3 N–H and O–H groups in total. The van der Waals surface area contributed by atoms with Gasteiger partial charge in [-0.05, 0) is 48.9 Å². The predicted molar refractivity (Wildman–Crippen MR) is 88.3 cm³/mol. The third-order valence-corrected chi connectivity index (χ3v) is 3.85. The van der Waals surface area contributed by atoms with E-state index < -0.39 is 5.91 Å². The van der Waals surface area contributed by atoms with Crippen LogP contribution >= 0.6 is 0 Å². The van der Waals surface area contributed by atoms with Crippen molar-refractivity contribution < 1.29 is 19.1 Å². The largest absolute Gasteiger partial charge is 0.486 e. The van der Waals surface area contributed by atoms with E-state index in [4.69, 9.17) is 15.2 Å². The van der Waals surface area contributed by atoms with E-state index in [1.807, 2.05) is 25.1 Å². The molecule has 0 radical (unpaired) electrons. The van der Waals surface area contributed by atoms with Gasteiger partial charge in [-0.3, -0.25) is 9.59 Å². The van der Waals surface area contributed by atoms with Crippen molar-refractivity contribution in [3.63, 3.8) is 0 Å². The van der Waals surface area contributed by atoms with E-state index in [0.717, 1.165) is 5.56 Å². The summed E-state index contributed by atoms with van der Waals surface area (Å²) in [5.41, 5.74) is 6.94. The van der Waals surface area contributed by atoms with Crippen LogP contribution in [0.3, 0.4) is 0 Å². The van der Waals surface area contributed by atoms with Crippen molar-refractivity contribution in [1.82, 2.24) is 5.32 Å². The molecule has 0 saturated heterocycles. The van der Waals surface area contributed by atoms with Crippen molar-refractivity contribution in [3.8, 4) is 11.5 Å². The van der Waals surface area contributed by atoms with E-state index in [9.17, 15) is 9.59 Å². The minimum absolute atomic E-state index is 0.204. The first kappa shape index (κ1) is 15.9. The maximum absolute atomic E-state index is 12.3. The van der Waals surface area contributed by atoms with Crippen LogP contribution in [-0.2, 0) is 0 Å². The Kier molecular flexibility index (Phi) is 4.37. The molecule has 0 spiro atoms. The Hall–Kier alpha value is -3.02. The number of hydrogen-bond donors (Lipinski definition) is 2. The van der Waals surface area contributed by atoms with E-state index in [-0.39, 0.29) is 11.9 Å². The lowest BCUT2D eigenvalue weighted by atomic mass is 10.1. The molecule has 2 aromatic rings. The zero-order valence-corrected chi connectivity index (χ0v) is 13.2. The fourth-order valence-electron chi connectivity index (χ4n) is 2.48. The first-order chi connectivity index (χ1) is 11.5. The first-order valence-corrected chi connectivity index (χ1v) is 7.65. The molecule has 124 valence electrons. The molecule has 0 saturated carbocycles. The SMILES string of the molecule is CC(NC(=O)c1ccc(C(N)=O)cc1)c1ccc2c(c1)OCCO2. The Bertz CT molecular complexity index is 771. The summed E-state index contributed by atoms with van der Waals surface area (Å²) in [7, 11) is 0. The number of hydrogen-bond acceptors (Lipinski definition) is 4. The van der Waals surface area contributed by atoms with Gasteiger partial charge >= 0.3 is 0 Å². The van der Waals surface area contributed by atoms with Crippen molar-refractivity contribution in [1.29, 1.82) is 0 Å². The summed E-state index contributed by atoms with van der Waals surface area (Å²) in [4.78, 5) is 23.4. The smallest absolute Gasteiger partial charge is 0.251 e. The molecule has 1 aliphatic heterocycles. The monoisotopic (exact) mass is 326 g/mol. The molecule has 1 heterocycles. The van der Waals surface area contributed by atoms with Crippen LogP contribution in [0.25, 0.3) is 0 Å². The van der Waals surface area contributed by atoms with Gasteiger partial charge in [-0.2, -0.15) is 0 Å². The van der Waals surface area contributed by atoms with Crippen molar-refractivity contribution in [2.24, 2.45) is 5.73 Å². The number of primary amides is 1. The minimum Gasteiger partial charge on any atom is -0.486 e. The first-order valence-electron chi connectivity index (χ1n) is 7.65. The van der Waals surface area contributed by atoms with Crippen molar-refractivity contribution in [3.05, 3.63) is 59.2 Å². The highest BCUT2D eigenvalue weighted by Crippen LogP contribution is 2.32. The Labute approximate surface area is 139 Å². The number of rotatable bonds is 4. The normalized spacial score (nSPS) is 13.9. The van der Waals surface area contributed by atoms with E-state index in [0.29, 0.717) is 35.8 Å². The molecule has 0 bridgehead atoms. The fraction of sp³-hybridized carbons (Fsp3) is 0.222. The summed E-state index contributed by atoms with van der Waals surface area (Å²) in [5.74, 6) is 0.649. The zero-order valence-electron chi connectivity index (χ0n) is 13.2. The number of nitrogens with one attached hydrogen (secondary N) is 1. The Morgan fingerprint density at radius 3 is 2.29 bits per heavy atom. The van der Waals surface area contributed by atoms with Crippen LogP contribution in [0.1, 0.15) is 39.2 Å². The van der Waals surface area contributed by atoms with Crippen molar-refractivity contribution in [2.45, 2.75) is 13.0 Å². The minimum atomic E-state index is -0.522. The fourth-order valence-corrected chi connectivity index (χ4v) is 2.48. The van der Waals surface area contributed by atoms with Crippen LogP contribution in [0, 0.1) is 0 Å². The number of benzene rings is 2. The molecule has 6 nitrogen and oxygen atoms in total. The number of carbonyl (C=O) groups is 2. The number of nitrogens with two attached hydrogens (primary N) is 1. The Morgan fingerprint density at radius 2 is 1.62 bits per heavy atom. The summed E-state index contributed by atoms with van der Waals surface area (Å²) in [6.45, 7) is 2.95. The van der Waals surface area contributed by atoms with Gasteiger partial charge in [-0.15, -0.1) is 0 Å². The Morgan fingerprint density at radius 1 is 1.00 bits per heavy atom. The summed E-state index contributed by atoms with van der Waals surface area (Å²) in [6, 6.07) is 11.6. The number of fused-ring (bicyclic) bond motifs is 1. The maximum Gasteiger partial charge on any atom is 0.251 e. The lowest BCUT2D eigenvalue weighted by Gasteiger charge is -2.21. The summed E-state index contributed by atoms with van der Waals surface area (Å²) in [6.07, 6.45) is 0. The molecule has 2 aromatic carbocycles. The molecule has 0 aromatic heterocycles. The summed E-state index contributed by atoms with van der Waals surface area (Å²) in [5, 5.41) is 2.92. The predicted octanol–water partition coefficient (Wildman–Crippen LogP) is 2.05. The summed E-state index contributed by atoms with van der Waals surface area (Å²) < 4.78 is 11.0. The topological polar surface area (TPSA) is 90.7 Å². The van der Waals surface area contributed by atoms with Crippen LogP contribution in [-0.4, -0.2) is 25.0 Å². The van der Waals surface area contributed by atoms with Crippen LogP contribution < -0.4 is 20.5 Å². The molecule has 3 rings (SSSR count). The molecule has 2 amide bonds. The highest BCUT2D eigenvalue weighted by Gasteiger charge is 2.16. The van der Waals surface area contributed by atoms with Gasteiger partial charge in [0.15, 0.2) is 11.5 Å². The van der Waals surface area contributed by atoms with Crippen LogP contribution in [0.2, 0.25) is 0 Å². The van der Waals surface area contributed by atoms with E-state index in [1.54, 1.807) is 12.1 Å². The molecular formula is C18H18N2O4. The van der Waals surface area contributed by atoms with Gasteiger partial charge in [0, 0.05) is 11.1 Å². The zero-order chi connectivity index (χ0) is 17.1. The highest BCUT2D eigenvalue weighted by atomic mass is 16.6. The van der Waals surface area contributed by atoms with Crippen molar-refractivity contribution >= 4 is 11.8 Å². The van der Waals surface area contributed by atoms with Crippen LogP contribution in [0.15, 0.2) is 42.5 Å². The van der Waals surface area contributed by atoms with Crippen LogP contribution in [0.5, 0.6) is 11.5 Å². The van der Waals surface area contributed by atoms with E-state index in [2.05, 4.69) is 5.32 Å². The lowest BCUT2D eigenvalue weighted by Crippen LogP contribution is -2.27. The van der Waals surface area contributed by atoms with Gasteiger partial charge in [0.25, 0.3) is 5.91 Å². The highest BCUT2D eigenvalue weighted by molar-refractivity contribution is 5.97. The lowest BCUT2D eigenvalue weighted by molar-refractivity contribution is 0.0937. The number of amides is 2. The molecule has 1 unspecified atom stereocenters. The number of carbonyl (C=O) groups excluding carboxylic acids is 2.